The van der Waals surface area contributed by atoms with Crippen molar-refractivity contribution in [2.45, 2.75) is 44.7 Å². The number of amides is 2. The van der Waals surface area contributed by atoms with Crippen LogP contribution in [0.1, 0.15) is 32.1 Å². The number of benzene rings is 2. The van der Waals surface area contributed by atoms with Gasteiger partial charge in [-0.3, -0.25) is 19.5 Å². The van der Waals surface area contributed by atoms with Crippen LogP contribution in [-0.4, -0.2) is 63.8 Å². The van der Waals surface area contributed by atoms with Gasteiger partial charge >= 0.3 is 0 Å². The molecule has 0 atom stereocenters. The zero-order valence-corrected chi connectivity index (χ0v) is 22.0. The second-order valence-corrected chi connectivity index (χ2v) is 9.48. The number of carbonyl (C=O) groups excluding carboxylic acids is 2. The predicted octanol–water partition coefficient (Wildman–Crippen LogP) is 3.39. The number of anilines is 1. The van der Waals surface area contributed by atoms with E-state index in [0.717, 1.165) is 36.6 Å². The normalized spacial score (nSPS) is 13.7. The summed E-state index contributed by atoms with van der Waals surface area (Å²) >= 11 is 0. The van der Waals surface area contributed by atoms with Crippen molar-refractivity contribution in [1.29, 1.82) is 0 Å². The molecule has 2 heterocycles. The molecule has 0 radical (unpaired) electrons. The molecule has 5 rings (SSSR count). The smallest absolute Gasteiger partial charge is 0.251 e. The van der Waals surface area contributed by atoms with Gasteiger partial charge in [-0.25, -0.2) is 0 Å². The van der Waals surface area contributed by atoms with Gasteiger partial charge in [0.25, 0.3) is 5.91 Å². The first kappa shape index (κ1) is 26.1. The lowest BCUT2D eigenvalue weighted by molar-refractivity contribution is -0.124. The first-order valence-corrected chi connectivity index (χ1v) is 13.0. The van der Waals surface area contributed by atoms with E-state index in [2.05, 4.69) is 25.7 Å². The van der Waals surface area contributed by atoms with Crippen LogP contribution < -0.4 is 19.7 Å². The molecule has 0 unspecified atom stereocenters. The maximum Gasteiger partial charge on any atom is 0.251 e. The molecule has 1 fully saturated rings. The van der Waals surface area contributed by atoms with E-state index in [1.54, 1.807) is 38.6 Å². The average molecular weight is 530 g/mol. The second kappa shape index (κ2) is 11.9. The molecule has 4 aromatic rings. The van der Waals surface area contributed by atoms with Gasteiger partial charge in [-0.15, -0.1) is 10.2 Å². The second-order valence-electron chi connectivity index (χ2n) is 9.48. The first-order valence-electron chi connectivity index (χ1n) is 13.0. The average Bonchev–Trinajstić information content (AvgIpc) is 3.44. The number of carbonyl (C=O) groups is 2. The maximum absolute atomic E-state index is 13.6. The molecule has 0 bridgehead atoms. The number of rotatable bonds is 9. The summed E-state index contributed by atoms with van der Waals surface area (Å²) in [6, 6.07) is 14.9. The molecular weight excluding hydrogens is 498 g/mol. The van der Waals surface area contributed by atoms with Crippen LogP contribution in [0.2, 0.25) is 0 Å². The van der Waals surface area contributed by atoms with Crippen molar-refractivity contribution in [3.8, 4) is 22.9 Å². The van der Waals surface area contributed by atoms with Crippen molar-refractivity contribution in [3.05, 3.63) is 54.7 Å². The third kappa shape index (κ3) is 6.14. The lowest BCUT2D eigenvalue weighted by Gasteiger charge is -2.26. The van der Waals surface area contributed by atoms with Gasteiger partial charge in [0, 0.05) is 17.0 Å². The molecule has 0 aliphatic heterocycles. The minimum absolute atomic E-state index is 0.132. The molecule has 2 aromatic heterocycles. The molecular formula is C28H31N7O4. The van der Waals surface area contributed by atoms with E-state index in [4.69, 9.17) is 9.47 Å². The molecule has 11 nitrogen and oxygen atoms in total. The Morgan fingerprint density at radius 3 is 2.62 bits per heavy atom. The number of nitrogens with zero attached hydrogens (tertiary/aromatic N) is 6. The van der Waals surface area contributed by atoms with Gasteiger partial charge in [0.05, 0.1) is 31.6 Å². The van der Waals surface area contributed by atoms with Crippen LogP contribution in [0.5, 0.6) is 11.5 Å². The Hall–Kier alpha value is -4.54. The number of hydrogen-bond donors (Lipinski definition) is 1. The third-order valence-electron chi connectivity index (χ3n) is 6.83. The topological polar surface area (TPSA) is 124 Å². The number of tetrazole rings is 1. The van der Waals surface area contributed by atoms with Crippen molar-refractivity contribution in [1.82, 2.24) is 30.5 Å². The number of hydrogen-bond acceptors (Lipinski definition) is 8. The van der Waals surface area contributed by atoms with Crippen molar-refractivity contribution in [3.63, 3.8) is 0 Å². The number of aromatic nitrogens is 5. The van der Waals surface area contributed by atoms with Crippen LogP contribution in [0.4, 0.5) is 5.69 Å². The van der Waals surface area contributed by atoms with E-state index >= 15 is 0 Å². The van der Waals surface area contributed by atoms with E-state index in [9.17, 15) is 9.59 Å². The highest BCUT2D eigenvalue weighted by atomic mass is 16.5. The minimum atomic E-state index is -0.359. The molecule has 2 amide bonds. The van der Waals surface area contributed by atoms with Crippen LogP contribution in [0.15, 0.2) is 54.7 Å². The Morgan fingerprint density at radius 2 is 1.82 bits per heavy atom. The van der Waals surface area contributed by atoms with E-state index in [1.165, 1.54) is 16.1 Å². The van der Waals surface area contributed by atoms with Gasteiger partial charge in [0.15, 0.2) is 11.5 Å². The fraction of sp³-hybridized carbons (Fsp3) is 0.357. The minimum Gasteiger partial charge on any atom is -0.493 e. The fourth-order valence-electron chi connectivity index (χ4n) is 4.80. The summed E-state index contributed by atoms with van der Waals surface area (Å²) < 4.78 is 10.6. The molecule has 39 heavy (non-hydrogen) atoms. The molecule has 2 aromatic carbocycles. The van der Waals surface area contributed by atoms with Crippen molar-refractivity contribution in [2.75, 3.05) is 25.7 Å². The zero-order valence-electron chi connectivity index (χ0n) is 22.0. The highest BCUT2D eigenvalue weighted by Crippen LogP contribution is 2.30. The van der Waals surface area contributed by atoms with Crippen molar-refractivity contribution >= 4 is 28.4 Å². The highest BCUT2D eigenvalue weighted by molar-refractivity contribution is 5.99. The monoisotopic (exact) mass is 529 g/mol. The number of para-hydroxylation sites is 1. The Kier molecular flexibility index (Phi) is 7.95. The van der Waals surface area contributed by atoms with E-state index in [-0.39, 0.29) is 30.9 Å². The first-order chi connectivity index (χ1) is 19.0. The summed E-state index contributed by atoms with van der Waals surface area (Å²) in [5.41, 5.74) is 1.99. The maximum atomic E-state index is 13.6. The van der Waals surface area contributed by atoms with Crippen LogP contribution in [0.3, 0.4) is 0 Å². The van der Waals surface area contributed by atoms with Gasteiger partial charge in [0.1, 0.15) is 13.1 Å². The molecule has 1 saturated carbocycles. The Labute approximate surface area is 226 Å². The molecule has 0 spiro atoms. The molecule has 0 saturated heterocycles. The van der Waals surface area contributed by atoms with E-state index in [0.29, 0.717) is 28.6 Å². The Morgan fingerprint density at radius 1 is 1.03 bits per heavy atom. The Balaban J connectivity index is 1.36. The molecule has 1 N–H and O–H groups in total. The van der Waals surface area contributed by atoms with Crippen LogP contribution >= 0.6 is 0 Å². The quantitative estimate of drug-likeness (QED) is 0.350. The largest absolute Gasteiger partial charge is 0.493 e. The lowest BCUT2D eigenvalue weighted by Crippen LogP contribution is -2.46. The van der Waals surface area contributed by atoms with Crippen LogP contribution in [-0.2, 0) is 16.1 Å². The summed E-state index contributed by atoms with van der Waals surface area (Å²) in [6.45, 7) is -0.337. The fourth-order valence-corrected chi connectivity index (χ4v) is 4.80. The van der Waals surface area contributed by atoms with Gasteiger partial charge in [-0.05, 0) is 48.4 Å². The van der Waals surface area contributed by atoms with E-state index in [1.807, 2.05) is 30.3 Å². The summed E-state index contributed by atoms with van der Waals surface area (Å²) in [4.78, 5) is 33.7. The summed E-state index contributed by atoms with van der Waals surface area (Å²) in [5.74, 6) is 0.872. The zero-order chi connectivity index (χ0) is 27.2. The standard InChI is InChI=1S/C28H31N7O4/c1-38-24-13-12-20(15-25(24)39-2)28-31-33-35(32-28)18-27(37)34(17-26(36)30-21-9-4-3-5-10-21)22-14-19-8-6-7-11-23(19)29-16-22/h6-8,11-16,21H,3-5,9-10,17-18H2,1-2H3,(H,30,36). The third-order valence-corrected chi connectivity index (χ3v) is 6.83. The number of nitrogens with one attached hydrogen (secondary N) is 1. The lowest BCUT2D eigenvalue weighted by atomic mass is 9.95. The molecule has 11 heteroatoms. The molecule has 202 valence electrons. The number of methoxy groups -OCH3 is 2. The number of ether oxygens (including phenoxy) is 2. The van der Waals surface area contributed by atoms with Crippen LogP contribution in [0, 0.1) is 0 Å². The summed E-state index contributed by atoms with van der Waals surface area (Å²) in [5, 5.41) is 16.5. The van der Waals surface area contributed by atoms with Gasteiger partial charge < -0.3 is 14.8 Å². The number of pyridine rings is 1. The SMILES string of the molecule is COc1ccc(-c2nnn(CC(=O)N(CC(=O)NC3CCCCC3)c3cnc4ccccc4c3)n2)cc1OC. The van der Waals surface area contributed by atoms with Gasteiger partial charge in [-0.2, -0.15) is 4.80 Å². The van der Waals surface area contributed by atoms with Gasteiger partial charge in [-0.1, -0.05) is 37.5 Å². The van der Waals surface area contributed by atoms with E-state index < -0.39 is 0 Å². The molecule has 1 aliphatic carbocycles. The summed E-state index contributed by atoms with van der Waals surface area (Å²) in [7, 11) is 3.11. The van der Waals surface area contributed by atoms with Gasteiger partial charge in [0.2, 0.25) is 11.7 Å². The predicted molar refractivity (Wildman–Crippen MR) is 145 cm³/mol. The number of fused-ring (bicyclic) bond motifs is 1. The highest BCUT2D eigenvalue weighted by Gasteiger charge is 2.24. The van der Waals surface area contributed by atoms with Crippen LogP contribution in [0.25, 0.3) is 22.3 Å². The summed E-state index contributed by atoms with van der Waals surface area (Å²) in [6.07, 6.45) is 6.91. The Bertz CT molecular complexity index is 1470. The molecule has 1 aliphatic rings. The van der Waals surface area contributed by atoms with Crippen molar-refractivity contribution in [2.24, 2.45) is 0 Å². The van der Waals surface area contributed by atoms with Crippen molar-refractivity contribution < 1.29 is 19.1 Å².